The molecule has 0 radical (unpaired) electrons. The van der Waals surface area contributed by atoms with Gasteiger partial charge in [-0.1, -0.05) is 73.1 Å². The summed E-state index contributed by atoms with van der Waals surface area (Å²) in [7, 11) is 0. The lowest BCUT2D eigenvalue weighted by molar-refractivity contribution is -0.317. The van der Waals surface area contributed by atoms with Gasteiger partial charge in [-0.15, -0.1) is 0 Å². The van der Waals surface area contributed by atoms with E-state index in [1.165, 1.54) is 13.8 Å². The summed E-state index contributed by atoms with van der Waals surface area (Å²) in [5.74, 6) is -3.11. The highest BCUT2D eigenvalue weighted by Gasteiger charge is 2.46. The Labute approximate surface area is 362 Å². The standard InChI is InChI=1S/C45H80O16/c1-13-22(2)14-23(3)15-29(9)43(61-45-42(56)41(55)40(54)35(60-45)21-58-32(12)47)30(10)18-27(7)37(51)25(5)16-24(4)36(50)26(6)17-28(8)38(52)31(11)44(57)59-20-34(49)39(53)33(48)19-46/h16-18,22-23,25-26,29-31,33-43,45-46,48-56H,13-15,19-21H2,1-12H3/b24-16+,27-18+,28-17+/t22?,23?,25?,26?,29?,30?,31?,33-,34-,35-,36?,37?,38?,39-,40-,41+,42+,43?,45+/m1/s1. The van der Waals surface area contributed by atoms with E-state index in [1.807, 2.05) is 26.8 Å². The van der Waals surface area contributed by atoms with Crippen LogP contribution in [-0.2, 0) is 28.5 Å². The Morgan fingerprint density at radius 1 is 0.656 bits per heavy atom. The van der Waals surface area contributed by atoms with Crippen molar-refractivity contribution in [1.82, 2.24) is 0 Å². The molecule has 61 heavy (non-hydrogen) atoms. The number of carbonyl (C=O) groups is 2. The molecule has 10 N–H and O–H groups in total. The number of esters is 2. The maximum atomic E-state index is 12.6. The van der Waals surface area contributed by atoms with Crippen molar-refractivity contribution in [2.45, 2.75) is 176 Å². The molecule has 0 spiro atoms. The predicted octanol–water partition coefficient (Wildman–Crippen LogP) is 1.93. The van der Waals surface area contributed by atoms with Crippen molar-refractivity contribution in [1.29, 1.82) is 0 Å². The van der Waals surface area contributed by atoms with Crippen LogP contribution in [-0.4, -0.2) is 156 Å². The molecule has 0 bridgehead atoms. The summed E-state index contributed by atoms with van der Waals surface area (Å²) < 4.78 is 22.4. The molecule has 16 heteroatoms. The van der Waals surface area contributed by atoms with Gasteiger partial charge in [-0.3, -0.25) is 9.59 Å². The molecular formula is C45H80O16. The van der Waals surface area contributed by atoms with E-state index in [2.05, 4.69) is 20.8 Å². The Balaban J connectivity index is 3.19. The van der Waals surface area contributed by atoms with Crippen molar-refractivity contribution in [2.75, 3.05) is 19.8 Å². The molecule has 0 aliphatic carbocycles. The van der Waals surface area contributed by atoms with Crippen molar-refractivity contribution < 1.29 is 79.6 Å². The van der Waals surface area contributed by atoms with Gasteiger partial charge in [-0.2, -0.15) is 0 Å². The van der Waals surface area contributed by atoms with Crippen LogP contribution in [0.25, 0.3) is 0 Å². The maximum absolute atomic E-state index is 12.6. The average Bonchev–Trinajstić information content (AvgIpc) is 3.21. The smallest absolute Gasteiger partial charge is 0.311 e. The van der Waals surface area contributed by atoms with Gasteiger partial charge in [-0.05, 0) is 75.0 Å². The highest BCUT2D eigenvalue weighted by Crippen LogP contribution is 2.33. The fraction of sp³-hybridized carbons (Fsp3) is 0.822. The second-order valence-electron chi connectivity index (χ2n) is 17.9. The van der Waals surface area contributed by atoms with Crippen molar-refractivity contribution in [3.8, 4) is 0 Å². The van der Waals surface area contributed by atoms with Crippen LogP contribution >= 0.6 is 0 Å². The van der Waals surface area contributed by atoms with Gasteiger partial charge in [0.05, 0.1) is 36.9 Å². The van der Waals surface area contributed by atoms with Crippen molar-refractivity contribution in [3.63, 3.8) is 0 Å². The molecule has 1 fully saturated rings. The Morgan fingerprint density at radius 3 is 1.66 bits per heavy atom. The first-order valence-corrected chi connectivity index (χ1v) is 21.7. The van der Waals surface area contributed by atoms with Gasteiger partial charge in [0.25, 0.3) is 0 Å². The van der Waals surface area contributed by atoms with Crippen LogP contribution in [0, 0.1) is 41.4 Å². The van der Waals surface area contributed by atoms with Crippen LogP contribution in [0.4, 0.5) is 0 Å². The molecule has 0 saturated carbocycles. The minimum Gasteiger partial charge on any atom is -0.463 e. The molecule has 16 nitrogen and oxygen atoms in total. The summed E-state index contributed by atoms with van der Waals surface area (Å²) in [6.45, 7) is 19.9. The van der Waals surface area contributed by atoms with E-state index >= 15 is 0 Å². The Bertz CT molecular complexity index is 1400. The van der Waals surface area contributed by atoms with E-state index in [0.717, 1.165) is 19.3 Å². The number of aliphatic hydroxyl groups excluding tert-OH is 10. The van der Waals surface area contributed by atoms with E-state index in [9.17, 15) is 55.5 Å². The zero-order chi connectivity index (χ0) is 47.0. The number of rotatable bonds is 26. The Hall–Kier alpha value is -2.32. The maximum Gasteiger partial charge on any atom is 0.311 e. The summed E-state index contributed by atoms with van der Waals surface area (Å²) in [5.41, 5.74) is 1.55. The number of hydrogen-bond donors (Lipinski definition) is 10. The van der Waals surface area contributed by atoms with E-state index in [1.54, 1.807) is 39.8 Å². The summed E-state index contributed by atoms with van der Waals surface area (Å²) in [6.07, 6.45) is -8.05. The van der Waals surface area contributed by atoms with Crippen LogP contribution in [0.3, 0.4) is 0 Å². The number of carbonyl (C=O) groups excluding carboxylic acids is 2. The third-order valence-corrected chi connectivity index (χ3v) is 12.0. The molecule has 1 aliphatic rings. The van der Waals surface area contributed by atoms with Gasteiger partial charge < -0.3 is 70.0 Å². The molecule has 0 aromatic rings. The third-order valence-electron chi connectivity index (χ3n) is 12.0. The van der Waals surface area contributed by atoms with Crippen molar-refractivity contribution >= 4 is 11.9 Å². The topological polar surface area (TPSA) is 273 Å². The monoisotopic (exact) mass is 877 g/mol. The Morgan fingerprint density at radius 2 is 1.16 bits per heavy atom. The molecule has 1 heterocycles. The zero-order valence-corrected chi connectivity index (χ0v) is 38.4. The highest BCUT2D eigenvalue weighted by molar-refractivity contribution is 5.73. The van der Waals surface area contributed by atoms with Gasteiger partial charge in [0.2, 0.25) is 0 Å². The molecule has 0 amide bonds. The van der Waals surface area contributed by atoms with Crippen molar-refractivity contribution in [3.05, 3.63) is 34.9 Å². The molecule has 356 valence electrons. The lowest BCUT2D eigenvalue weighted by atomic mass is 9.82. The fourth-order valence-corrected chi connectivity index (χ4v) is 7.95. The van der Waals surface area contributed by atoms with Crippen molar-refractivity contribution in [2.24, 2.45) is 41.4 Å². The molecule has 1 aliphatic heterocycles. The summed E-state index contributed by atoms with van der Waals surface area (Å²) in [6, 6.07) is 0. The summed E-state index contributed by atoms with van der Waals surface area (Å²) in [5, 5.41) is 104. The lowest BCUT2D eigenvalue weighted by Gasteiger charge is -2.43. The second-order valence-corrected chi connectivity index (χ2v) is 17.9. The van der Waals surface area contributed by atoms with E-state index in [-0.39, 0.29) is 18.4 Å². The highest BCUT2D eigenvalue weighted by atomic mass is 16.7. The molecule has 1 rings (SSSR count). The predicted molar refractivity (Wildman–Crippen MR) is 227 cm³/mol. The summed E-state index contributed by atoms with van der Waals surface area (Å²) in [4.78, 5) is 24.1. The Kier molecular flexibility index (Phi) is 25.2. The van der Waals surface area contributed by atoms with Gasteiger partial charge in [0.15, 0.2) is 6.29 Å². The normalized spacial score (nSPS) is 27.6. The number of ether oxygens (including phenoxy) is 4. The molecule has 11 unspecified atom stereocenters. The first-order valence-electron chi connectivity index (χ1n) is 21.7. The fourth-order valence-electron chi connectivity index (χ4n) is 7.95. The quantitative estimate of drug-likeness (QED) is 0.0439. The van der Waals surface area contributed by atoms with Gasteiger partial charge in [0.1, 0.15) is 55.9 Å². The molecule has 1 saturated heterocycles. The van der Waals surface area contributed by atoms with E-state index < -0.39 is 116 Å². The van der Waals surface area contributed by atoms with E-state index in [4.69, 9.17) is 24.1 Å². The van der Waals surface area contributed by atoms with Crippen LogP contribution < -0.4 is 0 Å². The van der Waals surface area contributed by atoms with Gasteiger partial charge in [0, 0.05) is 24.7 Å². The van der Waals surface area contributed by atoms with Crippen LogP contribution in [0.15, 0.2) is 34.9 Å². The van der Waals surface area contributed by atoms with Crippen LogP contribution in [0.5, 0.6) is 0 Å². The second kappa shape index (κ2) is 27.1. The first kappa shape index (κ1) is 56.7. The molecule has 0 aromatic carbocycles. The minimum absolute atomic E-state index is 0.0823. The van der Waals surface area contributed by atoms with Gasteiger partial charge >= 0.3 is 11.9 Å². The van der Waals surface area contributed by atoms with Crippen LogP contribution in [0.2, 0.25) is 0 Å². The largest absolute Gasteiger partial charge is 0.463 e. The van der Waals surface area contributed by atoms with E-state index in [0.29, 0.717) is 28.6 Å². The molecule has 0 aromatic heterocycles. The lowest BCUT2D eigenvalue weighted by Crippen LogP contribution is -2.60. The minimum atomic E-state index is -1.74. The first-order chi connectivity index (χ1) is 28.3. The van der Waals surface area contributed by atoms with Gasteiger partial charge in [-0.25, -0.2) is 0 Å². The SMILES string of the molecule is CCC(C)CC(C)CC(C)C(O[C@@H]1O[C@H](COC(C)=O)[C@@H](O)[C@H](O)[C@@H]1O)C(C)/C=C(\C)C(O)C(C)/C=C(\C)C(O)C(C)/C=C(\C)C(O)C(C)C(=O)OC[C@@H](O)[C@H](O)[C@H](O)CO. The zero-order valence-electron chi connectivity index (χ0n) is 38.4. The molecular weight excluding hydrogens is 796 g/mol. The number of hydrogen-bond acceptors (Lipinski definition) is 16. The molecule has 19 atom stereocenters. The average molecular weight is 877 g/mol. The third kappa shape index (κ3) is 18.0. The number of aliphatic hydroxyl groups is 10. The van der Waals surface area contributed by atoms with Crippen LogP contribution in [0.1, 0.15) is 102 Å². The summed E-state index contributed by atoms with van der Waals surface area (Å²) >= 11 is 0.